The van der Waals surface area contributed by atoms with Gasteiger partial charge >= 0.3 is 0 Å². The highest BCUT2D eigenvalue weighted by molar-refractivity contribution is 5.84. The third kappa shape index (κ3) is 2.36. The number of ether oxygens (including phenoxy) is 1. The predicted octanol–water partition coefficient (Wildman–Crippen LogP) is 2.46. The van der Waals surface area contributed by atoms with Crippen LogP contribution in [0.4, 0.5) is 5.82 Å². The summed E-state index contributed by atoms with van der Waals surface area (Å²) in [5.41, 5.74) is 3.12. The molecule has 2 aromatic heterocycles. The maximum Gasteiger partial charge on any atom is 0.151 e. The van der Waals surface area contributed by atoms with Crippen molar-refractivity contribution in [3.8, 4) is 11.3 Å². The Bertz CT molecular complexity index is 744. The van der Waals surface area contributed by atoms with Crippen LogP contribution in [0.2, 0.25) is 0 Å². The maximum absolute atomic E-state index is 5.35. The summed E-state index contributed by atoms with van der Waals surface area (Å²) in [6.07, 6.45) is 1.95. The fourth-order valence-electron chi connectivity index (χ4n) is 2.65. The van der Waals surface area contributed by atoms with E-state index in [1.165, 1.54) is 5.39 Å². The average molecular weight is 280 g/mol. The molecule has 106 valence electrons. The number of rotatable bonds is 2. The Kier molecular flexibility index (Phi) is 3.05. The normalized spacial score (nSPS) is 15.5. The molecular weight excluding hydrogens is 264 g/mol. The minimum atomic E-state index is 0.758. The van der Waals surface area contributed by atoms with Gasteiger partial charge in [0.1, 0.15) is 0 Å². The van der Waals surface area contributed by atoms with Crippen molar-refractivity contribution in [3.05, 3.63) is 42.6 Å². The number of anilines is 1. The van der Waals surface area contributed by atoms with Crippen LogP contribution in [-0.2, 0) is 4.74 Å². The molecule has 0 aliphatic carbocycles. The average Bonchev–Trinajstić information content (AvgIpc) is 3.03. The van der Waals surface area contributed by atoms with Gasteiger partial charge in [-0.05, 0) is 30.3 Å². The van der Waals surface area contributed by atoms with Gasteiger partial charge in [0.05, 0.1) is 18.9 Å². The lowest BCUT2D eigenvalue weighted by atomic mass is 10.1. The third-order valence-electron chi connectivity index (χ3n) is 3.83. The fourth-order valence-corrected chi connectivity index (χ4v) is 2.65. The SMILES string of the molecule is c1cc2cc(-c3ccc(N4CCOCC4)nn3)ccc2[nH]1. The van der Waals surface area contributed by atoms with E-state index in [1.54, 1.807) is 0 Å². The Morgan fingerprint density at radius 3 is 2.71 bits per heavy atom. The van der Waals surface area contributed by atoms with Crippen molar-refractivity contribution in [1.29, 1.82) is 0 Å². The topological polar surface area (TPSA) is 54.0 Å². The number of nitrogens with one attached hydrogen (secondary N) is 1. The third-order valence-corrected chi connectivity index (χ3v) is 3.83. The second-order valence-electron chi connectivity index (χ2n) is 5.16. The van der Waals surface area contributed by atoms with Crippen molar-refractivity contribution in [2.24, 2.45) is 0 Å². The van der Waals surface area contributed by atoms with Crippen LogP contribution < -0.4 is 4.90 Å². The molecule has 0 radical (unpaired) electrons. The summed E-state index contributed by atoms with van der Waals surface area (Å²) in [6, 6.07) is 12.4. The van der Waals surface area contributed by atoms with Gasteiger partial charge in [0.2, 0.25) is 0 Å². The van der Waals surface area contributed by atoms with Crippen molar-refractivity contribution >= 4 is 16.7 Å². The molecule has 0 bridgehead atoms. The molecule has 5 nitrogen and oxygen atoms in total. The molecule has 1 aromatic carbocycles. The number of benzene rings is 1. The van der Waals surface area contributed by atoms with E-state index in [2.05, 4.69) is 44.3 Å². The van der Waals surface area contributed by atoms with E-state index in [1.807, 2.05) is 18.3 Å². The molecule has 3 heterocycles. The molecular formula is C16H16N4O. The molecule has 0 amide bonds. The molecule has 1 fully saturated rings. The van der Waals surface area contributed by atoms with Crippen molar-refractivity contribution < 1.29 is 4.74 Å². The first-order valence-electron chi connectivity index (χ1n) is 7.14. The van der Waals surface area contributed by atoms with Crippen molar-refractivity contribution in [3.63, 3.8) is 0 Å². The standard InChI is InChI=1S/C16H16N4O/c1-2-14-13(5-6-17-14)11-12(1)15-3-4-16(19-18-15)20-7-9-21-10-8-20/h1-6,11,17H,7-10H2. The van der Waals surface area contributed by atoms with Crippen LogP contribution in [0.1, 0.15) is 0 Å². The van der Waals surface area contributed by atoms with E-state index in [-0.39, 0.29) is 0 Å². The number of aromatic nitrogens is 3. The zero-order valence-corrected chi connectivity index (χ0v) is 11.6. The Labute approximate surface area is 122 Å². The highest BCUT2D eigenvalue weighted by Gasteiger charge is 2.13. The van der Waals surface area contributed by atoms with Crippen LogP contribution >= 0.6 is 0 Å². The summed E-state index contributed by atoms with van der Waals surface area (Å²) in [7, 11) is 0. The van der Waals surface area contributed by atoms with E-state index in [9.17, 15) is 0 Å². The van der Waals surface area contributed by atoms with E-state index in [4.69, 9.17) is 4.74 Å². The zero-order chi connectivity index (χ0) is 14.1. The van der Waals surface area contributed by atoms with Gasteiger partial charge in [0, 0.05) is 35.8 Å². The quantitative estimate of drug-likeness (QED) is 0.783. The molecule has 1 saturated heterocycles. The molecule has 0 saturated carbocycles. The lowest BCUT2D eigenvalue weighted by Crippen LogP contribution is -2.36. The predicted molar refractivity (Wildman–Crippen MR) is 82.4 cm³/mol. The van der Waals surface area contributed by atoms with Crippen molar-refractivity contribution in [1.82, 2.24) is 15.2 Å². The maximum atomic E-state index is 5.35. The lowest BCUT2D eigenvalue weighted by molar-refractivity contribution is 0.122. The van der Waals surface area contributed by atoms with E-state index >= 15 is 0 Å². The summed E-state index contributed by atoms with van der Waals surface area (Å²) in [5, 5.41) is 9.92. The van der Waals surface area contributed by atoms with E-state index in [0.717, 1.165) is 48.9 Å². The van der Waals surface area contributed by atoms with Crippen LogP contribution in [0.3, 0.4) is 0 Å². The Balaban J connectivity index is 1.62. The highest BCUT2D eigenvalue weighted by Crippen LogP contribution is 2.23. The van der Waals surface area contributed by atoms with Gasteiger partial charge in [0.15, 0.2) is 5.82 Å². The molecule has 0 atom stereocenters. The van der Waals surface area contributed by atoms with Crippen molar-refractivity contribution in [2.45, 2.75) is 0 Å². The Morgan fingerprint density at radius 2 is 1.90 bits per heavy atom. The molecule has 0 unspecified atom stereocenters. The molecule has 1 N–H and O–H groups in total. The fraction of sp³-hybridized carbons (Fsp3) is 0.250. The second kappa shape index (κ2) is 5.18. The second-order valence-corrected chi connectivity index (χ2v) is 5.16. The van der Waals surface area contributed by atoms with Crippen LogP contribution in [0, 0.1) is 0 Å². The number of hydrogen-bond acceptors (Lipinski definition) is 4. The minimum Gasteiger partial charge on any atom is -0.378 e. The van der Waals surface area contributed by atoms with Crippen LogP contribution in [0.15, 0.2) is 42.6 Å². The zero-order valence-electron chi connectivity index (χ0n) is 11.6. The van der Waals surface area contributed by atoms with Crippen LogP contribution in [0.5, 0.6) is 0 Å². The summed E-state index contributed by atoms with van der Waals surface area (Å²) in [4.78, 5) is 5.40. The molecule has 0 spiro atoms. The van der Waals surface area contributed by atoms with Crippen LogP contribution in [-0.4, -0.2) is 41.5 Å². The summed E-state index contributed by atoms with van der Waals surface area (Å²) >= 11 is 0. The first kappa shape index (κ1) is 12.3. The largest absolute Gasteiger partial charge is 0.378 e. The molecule has 1 aliphatic heterocycles. The number of nitrogens with zero attached hydrogens (tertiary/aromatic N) is 3. The molecule has 21 heavy (non-hydrogen) atoms. The van der Waals surface area contributed by atoms with Gasteiger partial charge in [0.25, 0.3) is 0 Å². The molecule has 1 aliphatic rings. The summed E-state index contributed by atoms with van der Waals surface area (Å²) in [6.45, 7) is 3.27. The molecule has 3 aromatic rings. The lowest BCUT2D eigenvalue weighted by Gasteiger charge is -2.27. The number of H-pyrrole nitrogens is 1. The smallest absolute Gasteiger partial charge is 0.151 e. The van der Waals surface area contributed by atoms with Crippen LogP contribution in [0.25, 0.3) is 22.2 Å². The van der Waals surface area contributed by atoms with Gasteiger partial charge in [-0.25, -0.2) is 0 Å². The first-order chi connectivity index (χ1) is 10.4. The van der Waals surface area contributed by atoms with E-state index in [0.29, 0.717) is 0 Å². The number of morpholine rings is 1. The molecule has 4 rings (SSSR count). The van der Waals surface area contributed by atoms with Gasteiger partial charge in [-0.1, -0.05) is 6.07 Å². The number of fused-ring (bicyclic) bond motifs is 1. The highest BCUT2D eigenvalue weighted by atomic mass is 16.5. The Morgan fingerprint density at radius 1 is 1.00 bits per heavy atom. The minimum absolute atomic E-state index is 0.758. The molecule has 5 heteroatoms. The number of aromatic amines is 1. The monoisotopic (exact) mass is 280 g/mol. The Hall–Kier alpha value is -2.40. The van der Waals surface area contributed by atoms with Gasteiger partial charge in [-0.3, -0.25) is 0 Å². The van der Waals surface area contributed by atoms with Gasteiger partial charge in [-0.15, -0.1) is 10.2 Å². The van der Waals surface area contributed by atoms with Crippen molar-refractivity contribution in [2.75, 3.05) is 31.2 Å². The number of hydrogen-bond donors (Lipinski definition) is 1. The summed E-state index contributed by atoms with van der Waals surface area (Å²) < 4.78 is 5.35. The van der Waals surface area contributed by atoms with Gasteiger partial charge in [-0.2, -0.15) is 0 Å². The van der Waals surface area contributed by atoms with Gasteiger partial charge < -0.3 is 14.6 Å². The van der Waals surface area contributed by atoms with E-state index < -0.39 is 0 Å². The first-order valence-corrected chi connectivity index (χ1v) is 7.14. The summed E-state index contributed by atoms with van der Waals surface area (Å²) in [5.74, 6) is 0.921.